The lowest BCUT2D eigenvalue weighted by atomic mass is 10.0. The first kappa shape index (κ1) is 16.7. The largest absolute Gasteiger partial charge is 0.497 e. The van der Waals surface area contributed by atoms with E-state index in [9.17, 15) is 0 Å². The number of methoxy groups -OCH3 is 2. The van der Waals surface area contributed by atoms with E-state index in [4.69, 9.17) is 14.5 Å². The van der Waals surface area contributed by atoms with E-state index in [0.29, 0.717) is 0 Å². The van der Waals surface area contributed by atoms with Crippen LogP contribution in [0.5, 0.6) is 11.5 Å². The fraction of sp³-hybridized carbons (Fsp3) is 0.500. The van der Waals surface area contributed by atoms with Gasteiger partial charge in [0.2, 0.25) is 0 Å². The second-order valence-corrected chi connectivity index (χ2v) is 7.93. The third kappa shape index (κ3) is 4.21. The van der Waals surface area contributed by atoms with Crippen molar-refractivity contribution < 1.29 is 9.47 Å². The molecule has 1 fully saturated rings. The standard InChI is InChI=1S/C18H23NO2S2/c1-20-14-8-9-16(17(10-14)21-2)18-19-13(12-23-18)11-22-15-6-4-3-5-7-15/h8-10,12,15H,3-7,11H2,1-2H3. The monoisotopic (exact) mass is 349 g/mol. The minimum Gasteiger partial charge on any atom is -0.497 e. The summed E-state index contributed by atoms with van der Waals surface area (Å²) in [7, 11) is 3.35. The normalized spacial score (nSPS) is 15.6. The van der Waals surface area contributed by atoms with Crippen LogP contribution < -0.4 is 9.47 Å². The molecule has 0 radical (unpaired) electrons. The molecule has 3 nitrogen and oxygen atoms in total. The summed E-state index contributed by atoms with van der Waals surface area (Å²) < 4.78 is 10.7. The van der Waals surface area contributed by atoms with E-state index in [1.54, 1.807) is 25.6 Å². The SMILES string of the molecule is COc1ccc(-c2nc(CSC3CCCCC3)cs2)c(OC)c1. The van der Waals surface area contributed by atoms with Gasteiger partial charge in [-0.25, -0.2) is 4.98 Å². The number of aromatic nitrogens is 1. The number of hydrogen-bond donors (Lipinski definition) is 0. The summed E-state index contributed by atoms with van der Waals surface area (Å²) in [5.74, 6) is 2.63. The molecule has 0 unspecified atom stereocenters. The van der Waals surface area contributed by atoms with Gasteiger partial charge in [-0.15, -0.1) is 11.3 Å². The van der Waals surface area contributed by atoms with Crippen LogP contribution in [0.1, 0.15) is 37.8 Å². The second kappa shape index (κ2) is 8.06. The first-order chi connectivity index (χ1) is 11.3. The fourth-order valence-electron chi connectivity index (χ4n) is 2.91. The van der Waals surface area contributed by atoms with Crippen molar-refractivity contribution in [3.05, 3.63) is 29.3 Å². The van der Waals surface area contributed by atoms with Gasteiger partial charge in [-0.3, -0.25) is 0 Å². The zero-order valence-electron chi connectivity index (χ0n) is 13.7. The molecule has 5 heteroatoms. The number of thiazole rings is 1. The van der Waals surface area contributed by atoms with Crippen LogP contribution in [-0.2, 0) is 5.75 Å². The van der Waals surface area contributed by atoms with Crippen LogP contribution in [0.4, 0.5) is 0 Å². The summed E-state index contributed by atoms with van der Waals surface area (Å²) in [5.41, 5.74) is 2.21. The number of benzene rings is 1. The summed E-state index contributed by atoms with van der Waals surface area (Å²) in [5, 5.41) is 4.02. The predicted molar refractivity (Wildman–Crippen MR) is 98.8 cm³/mol. The van der Waals surface area contributed by atoms with Gasteiger partial charge in [0.25, 0.3) is 0 Å². The predicted octanol–water partition coefficient (Wildman–Crippen LogP) is 5.39. The Bertz CT molecular complexity index is 636. The van der Waals surface area contributed by atoms with Crippen molar-refractivity contribution in [2.75, 3.05) is 14.2 Å². The maximum atomic E-state index is 5.49. The lowest BCUT2D eigenvalue weighted by Gasteiger charge is -2.20. The first-order valence-corrected chi connectivity index (χ1v) is 10.0. The minimum absolute atomic E-state index is 0.801. The third-order valence-corrected chi connectivity index (χ3v) is 6.54. The minimum atomic E-state index is 0.801. The van der Waals surface area contributed by atoms with Gasteiger partial charge in [0.05, 0.1) is 25.5 Å². The zero-order valence-corrected chi connectivity index (χ0v) is 15.3. The molecule has 0 aliphatic heterocycles. The lowest BCUT2D eigenvalue weighted by Crippen LogP contribution is -2.08. The molecule has 1 heterocycles. The molecule has 1 aromatic heterocycles. The fourth-order valence-corrected chi connectivity index (χ4v) is 5.08. The third-order valence-electron chi connectivity index (χ3n) is 4.21. The molecular weight excluding hydrogens is 326 g/mol. The van der Waals surface area contributed by atoms with E-state index in [1.807, 2.05) is 18.2 Å². The van der Waals surface area contributed by atoms with Crippen LogP contribution in [0, 0.1) is 0 Å². The smallest absolute Gasteiger partial charge is 0.132 e. The Hall–Kier alpha value is -1.20. The molecule has 1 saturated carbocycles. The van der Waals surface area contributed by atoms with E-state index in [1.165, 1.54) is 37.8 Å². The van der Waals surface area contributed by atoms with Crippen LogP contribution in [-0.4, -0.2) is 24.5 Å². The highest BCUT2D eigenvalue weighted by Crippen LogP contribution is 2.36. The van der Waals surface area contributed by atoms with E-state index < -0.39 is 0 Å². The molecule has 0 amide bonds. The Morgan fingerprint density at radius 1 is 1.17 bits per heavy atom. The quantitative estimate of drug-likeness (QED) is 0.699. The molecule has 0 saturated heterocycles. The molecule has 23 heavy (non-hydrogen) atoms. The average Bonchev–Trinajstić information content (AvgIpc) is 3.09. The summed E-state index contributed by atoms with van der Waals surface area (Å²) >= 11 is 3.75. The molecule has 0 spiro atoms. The van der Waals surface area contributed by atoms with Crippen molar-refractivity contribution in [2.45, 2.75) is 43.1 Å². The average molecular weight is 350 g/mol. The van der Waals surface area contributed by atoms with Crippen molar-refractivity contribution in [1.82, 2.24) is 4.98 Å². The van der Waals surface area contributed by atoms with Gasteiger partial charge in [0, 0.05) is 22.4 Å². The Kier molecular flexibility index (Phi) is 5.84. The summed E-state index contributed by atoms with van der Waals surface area (Å²) in [6, 6.07) is 5.89. The number of thioether (sulfide) groups is 1. The number of hydrogen-bond acceptors (Lipinski definition) is 5. The van der Waals surface area contributed by atoms with Gasteiger partial charge in [-0.1, -0.05) is 19.3 Å². The molecule has 0 bridgehead atoms. The molecule has 0 atom stereocenters. The van der Waals surface area contributed by atoms with Crippen molar-refractivity contribution in [2.24, 2.45) is 0 Å². The molecular formula is C18H23NO2S2. The highest BCUT2D eigenvalue weighted by Gasteiger charge is 2.15. The van der Waals surface area contributed by atoms with Crippen molar-refractivity contribution in [1.29, 1.82) is 0 Å². The van der Waals surface area contributed by atoms with E-state index >= 15 is 0 Å². The highest BCUT2D eigenvalue weighted by molar-refractivity contribution is 7.99. The Morgan fingerprint density at radius 2 is 2.00 bits per heavy atom. The van der Waals surface area contributed by atoms with Crippen LogP contribution in [0.3, 0.4) is 0 Å². The summed E-state index contributed by atoms with van der Waals surface area (Å²) in [4.78, 5) is 4.81. The van der Waals surface area contributed by atoms with Gasteiger partial charge in [-0.2, -0.15) is 11.8 Å². The lowest BCUT2D eigenvalue weighted by molar-refractivity contribution is 0.395. The van der Waals surface area contributed by atoms with Crippen LogP contribution in [0.2, 0.25) is 0 Å². The molecule has 0 N–H and O–H groups in total. The first-order valence-electron chi connectivity index (χ1n) is 8.08. The molecule has 1 aromatic carbocycles. The summed E-state index contributed by atoms with van der Waals surface area (Å²) in [6.45, 7) is 0. The van der Waals surface area contributed by atoms with E-state index in [2.05, 4.69) is 17.1 Å². The highest BCUT2D eigenvalue weighted by atomic mass is 32.2. The molecule has 3 rings (SSSR count). The van der Waals surface area contributed by atoms with Gasteiger partial charge in [0.15, 0.2) is 0 Å². The van der Waals surface area contributed by atoms with Crippen LogP contribution in [0.25, 0.3) is 10.6 Å². The van der Waals surface area contributed by atoms with Crippen molar-refractivity contribution >= 4 is 23.1 Å². The van der Waals surface area contributed by atoms with E-state index in [0.717, 1.165) is 33.1 Å². The van der Waals surface area contributed by atoms with Gasteiger partial charge < -0.3 is 9.47 Å². The Labute approximate surface area is 146 Å². The molecule has 1 aliphatic rings. The van der Waals surface area contributed by atoms with Gasteiger partial charge >= 0.3 is 0 Å². The number of ether oxygens (including phenoxy) is 2. The van der Waals surface area contributed by atoms with Crippen molar-refractivity contribution in [3.63, 3.8) is 0 Å². The number of rotatable bonds is 6. The summed E-state index contributed by atoms with van der Waals surface area (Å²) in [6.07, 6.45) is 6.93. The van der Waals surface area contributed by atoms with Gasteiger partial charge in [-0.05, 0) is 25.0 Å². The Morgan fingerprint density at radius 3 is 2.74 bits per heavy atom. The van der Waals surface area contributed by atoms with Gasteiger partial charge in [0.1, 0.15) is 16.5 Å². The maximum absolute atomic E-state index is 5.49. The maximum Gasteiger partial charge on any atom is 0.132 e. The van der Waals surface area contributed by atoms with E-state index in [-0.39, 0.29) is 0 Å². The second-order valence-electron chi connectivity index (χ2n) is 5.78. The molecule has 124 valence electrons. The number of nitrogens with zero attached hydrogens (tertiary/aromatic N) is 1. The topological polar surface area (TPSA) is 31.4 Å². The van der Waals surface area contributed by atoms with Crippen LogP contribution >= 0.6 is 23.1 Å². The molecule has 1 aliphatic carbocycles. The zero-order chi connectivity index (χ0) is 16.1. The van der Waals surface area contributed by atoms with Crippen molar-refractivity contribution in [3.8, 4) is 22.1 Å². The van der Waals surface area contributed by atoms with Crippen LogP contribution in [0.15, 0.2) is 23.6 Å². The molecule has 2 aromatic rings. The Balaban J connectivity index is 1.68.